The normalized spacial score (nSPS) is 10.3. The molecule has 2 N–H and O–H groups in total. The fourth-order valence-corrected chi connectivity index (χ4v) is 1.66. The number of methoxy groups -OCH3 is 1. The first-order chi connectivity index (χ1) is 9.11. The molecule has 1 aromatic carbocycles. The lowest BCUT2D eigenvalue weighted by molar-refractivity contribution is 0.371. The molecule has 0 atom stereocenters. The predicted molar refractivity (Wildman–Crippen MR) is 69.0 cm³/mol. The Morgan fingerprint density at radius 2 is 2.26 bits per heavy atom. The summed E-state index contributed by atoms with van der Waals surface area (Å²) in [6.07, 6.45) is 0.975. The van der Waals surface area contributed by atoms with Gasteiger partial charge in [-0.15, -0.1) is 0 Å². The number of hydrogen-bond acceptors (Lipinski definition) is 5. The predicted octanol–water partition coefficient (Wildman–Crippen LogP) is 2.60. The number of hydrogen-bond donors (Lipinski definition) is 2. The maximum Gasteiger partial charge on any atom is 0.224 e. The van der Waals surface area contributed by atoms with Crippen molar-refractivity contribution in [2.45, 2.75) is 6.54 Å². The highest BCUT2D eigenvalue weighted by Crippen LogP contribution is 2.29. The number of anilines is 1. The van der Waals surface area contributed by atoms with Gasteiger partial charge in [0, 0.05) is 12.1 Å². The summed E-state index contributed by atoms with van der Waals surface area (Å²) in [7, 11) is 1.45. The number of rotatable bonds is 4. The number of nitrogens with one attached hydrogen (secondary N) is 1. The molecule has 0 fully saturated rings. The lowest BCUT2D eigenvalue weighted by Gasteiger charge is -2.10. The highest BCUT2D eigenvalue weighted by Gasteiger charge is 2.09. The van der Waals surface area contributed by atoms with E-state index in [1.807, 2.05) is 0 Å². The molecule has 0 saturated carbocycles. The fraction of sp³-hybridized carbons (Fsp3) is 0.167. The summed E-state index contributed by atoms with van der Waals surface area (Å²) in [4.78, 5) is 7.22. The van der Waals surface area contributed by atoms with Crippen LogP contribution in [0.2, 0.25) is 5.28 Å². The van der Waals surface area contributed by atoms with Crippen LogP contribution in [0.4, 0.5) is 10.2 Å². The Bertz CT molecular complexity index is 595. The zero-order valence-electron chi connectivity index (χ0n) is 10.0. The summed E-state index contributed by atoms with van der Waals surface area (Å²) in [5.41, 5.74) is 0.550. The number of para-hydroxylation sites is 1. The van der Waals surface area contributed by atoms with E-state index in [-0.39, 0.29) is 23.4 Å². The van der Waals surface area contributed by atoms with E-state index in [0.717, 1.165) is 6.20 Å². The standard InChI is InChI=1S/C12H11ClFN3O2/c1-19-9-4-2-3-7(10(9)18)5-15-11-8(14)6-16-12(13)17-11/h2-4,6,18H,5H2,1H3,(H,15,16,17). The van der Waals surface area contributed by atoms with Crippen LogP contribution in [-0.2, 0) is 6.54 Å². The number of benzene rings is 1. The van der Waals surface area contributed by atoms with Gasteiger partial charge in [-0.2, -0.15) is 4.98 Å². The van der Waals surface area contributed by atoms with E-state index in [4.69, 9.17) is 16.3 Å². The zero-order valence-corrected chi connectivity index (χ0v) is 10.8. The summed E-state index contributed by atoms with van der Waals surface area (Å²) >= 11 is 5.58. The molecule has 0 aliphatic heterocycles. The molecule has 0 aliphatic carbocycles. The number of aromatic hydroxyl groups is 1. The summed E-state index contributed by atoms with van der Waals surface area (Å²) in [6.45, 7) is 0.174. The van der Waals surface area contributed by atoms with E-state index in [0.29, 0.717) is 11.3 Å². The van der Waals surface area contributed by atoms with Crippen LogP contribution in [0.15, 0.2) is 24.4 Å². The molecule has 0 saturated heterocycles. The van der Waals surface area contributed by atoms with Gasteiger partial charge in [0.2, 0.25) is 5.28 Å². The number of phenols is 1. The molecular formula is C12H11ClFN3O2. The molecule has 0 radical (unpaired) electrons. The topological polar surface area (TPSA) is 67.3 Å². The second-order valence-electron chi connectivity index (χ2n) is 3.66. The third kappa shape index (κ3) is 3.03. The maximum atomic E-state index is 13.4. The maximum absolute atomic E-state index is 13.4. The second-order valence-corrected chi connectivity index (χ2v) is 4.00. The van der Waals surface area contributed by atoms with Crippen LogP contribution < -0.4 is 10.1 Å². The van der Waals surface area contributed by atoms with Crippen molar-refractivity contribution in [2.75, 3.05) is 12.4 Å². The summed E-state index contributed by atoms with van der Waals surface area (Å²) in [5, 5.41) is 12.6. The molecule has 0 bridgehead atoms. The molecule has 5 nitrogen and oxygen atoms in total. The van der Waals surface area contributed by atoms with Crippen molar-refractivity contribution < 1.29 is 14.2 Å². The van der Waals surface area contributed by atoms with E-state index in [1.165, 1.54) is 7.11 Å². The Labute approximate surface area is 114 Å². The number of ether oxygens (including phenoxy) is 1. The van der Waals surface area contributed by atoms with Gasteiger partial charge in [0.05, 0.1) is 13.3 Å². The summed E-state index contributed by atoms with van der Waals surface area (Å²) in [6, 6.07) is 5.03. The van der Waals surface area contributed by atoms with Gasteiger partial charge < -0.3 is 15.2 Å². The largest absolute Gasteiger partial charge is 0.504 e. The highest BCUT2D eigenvalue weighted by atomic mass is 35.5. The molecule has 1 aromatic heterocycles. The van der Waals surface area contributed by atoms with Crippen molar-refractivity contribution in [2.24, 2.45) is 0 Å². The van der Waals surface area contributed by atoms with Crippen molar-refractivity contribution in [1.82, 2.24) is 9.97 Å². The van der Waals surface area contributed by atoms with E-state index in [1.54, 1.807) is 18.2 Å². The fourth-order valence-electron chi connectivity index (χ4n) is 1.52. The first-order valence-electron chi connectivity index (χ1n) is 5.38. The smallest absolute Gasteiger partial charge is 0.224 e. The average Bonchev–Trinajstić information content (AvgIpc) is 2.41. The Kier molecular flexibility index (Phi) is 4.01. The van der Waals surface area contributed by atoms with Gasteiger partial charge in [0.15, 0.2) is 23.1 Å². The van der Waals surface area contributed by atoms with Gasteiger partial charge in [-0.3, -0.25) is 0 Å². The van der Waals surface area contributed by atoms with E-state index in [9.17, 15) is 9.50 Å². The van der Waals surface area contributed by atoms with Gasteiger partial charge in [-0.1, -0.05) is 12.1 Å². The van der Waals surface area contributed by atoms with Gasteiger partial charge in [0.1, 0.15) is 0 Å². The molecule has 100 valence electrons. The number of aromatic nitrogens is 2. The Morgan fingerprint density at radius 1 is 1.47 bits per heavy atom. The number of phenolic OH excluding ortho intramolecular Hbond substituents is 1. The Hall–Kier alpha value is -2.08. The lowest BCUT2D eigenvalue weighted by Crippen LogP contribution is -2.05. The van der Waals surface area contributed by atoms with Crippen molar-refractivity contribution in [3.63, 3.8) is 0 Å². The lowest BCUT2D eigenvalue weighted by atomic mass is 10.2. The van der Waals surface area contributed by atoms with Gasteiger partial charge in [0.25, 0.3) is 0 Å². The van der Waals surface area contributed by atoms with Gasteiger partial charge in [-0.25, -0.2) is 9.37 Å². The number of halogens is 2. The van der Waals surface area contributed by atoms with E-state index >= 15 is 0 Å². The molecule has 0 amide bonds. The Morgan fingerprint density at radius 3 is 3.00 bits per heavy atom. The first-order valence-corrected chi connectivity index (χ1v) is 5.76. The van der Waals surface area contributed by atoms with E-state index in [2.05, 4.69) is 15.3 Å². The molecule has 1 heterocycles. The van der Waals surface area contributed by atoms with Crippen molar-refractivity contribution in [3.8, 4) is 11.5 Å². The third-order valence-corrected chi connectivity index (χ3v) is 2.65. The molecular weight excluding hydrogens is 273 g/mol. The zero-order chi connectivity index (χ0) is 13.8. The van der Waals surface area contributed by atoms with Crippen LogP contribution in [0.3, 0.4) is 0 Å². The minimum atomic E-state index is -0.619. The van der Waals surface area contributed by atoms with Crippen LogP contribution >= 0.6 is 11.6 Å². The van der Waals surface area contributed by atoms with Crippen LogP contribution in [0, 0.1) is 5.82 Å². The van der Waals surface area contributed by atoms with Gasteiger partial charge in [-0.05, 0) is 17.7 Å². The molecule has 2 rings (SSSR count). The highest BCUT2D eigenvalue weighted by molar-refractivity contribution is 6.28. The molecule has 0 spiro atoms. The molecule has 0 aliphatic rings. The summed E-state index contributed by atoms with van der Waals surface area (Å²) in [5.74, 6) is -0.299. The third-order valence-electron chi connectivity index (χ3n) is 2.46. The van der Waals surface area contributed by atoms with Crippen LogP contribution in [0.5, 0.6) is 11.5 Å². The molecule has 2 aromatic rings. The molecule has 7 heteroatoms. The van der Waals surface area contributed by atoms with Crippen LogP contribution in [0.1, 0.15) is 5.56 Å². The van der Waals surface area contributed by atoms with Gasteiger partial charge >= 0.3 is 0 Å². The minimum Gasteiger partial charge on any atom is -0.504 e. The second kappa shape index (κ2) is 5.71. The molecule has 0 unspecified atom stereocenters. The quantitative estimate of drug-likeness (QED) is 0.844. The SMILES string of the molecule is COc1cccc(CNc2nc(Cl)ncc2F)c1O. The minimum absolute atomic E-state index is 0.00180. The monoisotopic (exact) mass is 283 g/mol. The van der Waals surface area contributed by atoms with Crippen molar-refractivity contribution >= 4 is 17.4 Å². The van der Waals surface area contributed by atoms with E-state index < -0.39 is 5.82 Å². The first kappa shape index (κ1) is 13.4. The van der Waals surface area contributed by atoms with Crippen molar-refractivity contribution in [3.05, 3.63) is 41.1 Å². The van der Waals surface area contributed by atoms with Crippen LogP contribution in [-0.4, -0.2) is 22.2 Å². The summed E-state index contributed by atoms with van der Waals surface area (Å²) < 4.78 is 18.4. The molecule has 19 heavy (non-hydrogen) atoms. The average molecular weight is 284 g/mol. The van der Waals surface area contributed by atoms with Crippen molar-refractivity contribution in [1.29, 1.82) is 0 Å². The Balaban J connectivity index is 2.17. The van der Waals surface area contributed by atoms with Crippen LogP contribution in [0.25, 0.3) is 0 Å². The number of nitrogens with zero attached hydrogens (tertiary/aromatic N) is 2.